The molecular weight excluding hydrogens is 200 g/mol. The molecule has 0 radical (unpaired) electrons. The molecule has 2 rings (SSSR count). The highest BCUT2D eigenvalue weighted by atomic mass is 32.1. The van der Waals surface area contributed by atoms with E-state index in [1.54, 1.807) is 11.3 Å². The number of nitrogens with zero attached hydrogens (tertiary/aromatic N) is 3. The van der Waals surface area contributed by atoms with Gasteiger partial charge in [-0.3, -0.25) is 4.98 Å². The number of aryl methyl sites for hydroxylation is 1. The molecule has 5 nitrogen and oxygen atoms in total. The highest BCUT2D eigenvalue weighted by molar-refractivity contribution is 7.09. The predicted octanol–water partition coefficient (Wildman–Crippen LogP) is 1.12. The third-order valence-corrected chi connectivity index (χ3v) is 2.60. The molecule has 2 aromatic heterocycles. The average Bonchev–Trinajstić information content (AvgIpc) is 2.78. The van der Waals surface area contributed by atoms with Gasteiger partial charge in [-0.1, -0.05) is 10.3 Å². The monoisotopic (exact) mass is 210 g/mol. The van der Waals surface area contributed by atoms with Crippen molar-refractivity contribution >= 4 is 11.3 Å². The highest BCUT2D eigenvalue weighted by Gasteiger charge is 2.03. The van der Waals surface area contributed by atoms with Crippen molar-refractivity contribution < 1.29 is 4.63 Å². The smallest absolute Gasteiger partial charge is 0.121 e. The minimum atomic E-state index is 0.674. The highest BCUT2D eigenvalue weighted by Crippen LogP contribution is 2.05. The summed E-state index contributed by atoms with van der Waals surface area (Å²) in [5.41, 5.74) is 3.51. The van der Waals surface area contributed by atoms with Crippen LogP contribution in [0.25, 0.3) is 0 Å². The lowest BCUT2D eigenvalue weighted by molar-refractivity contribution is 0.300. The van der Waals surface area contributed by atoms with E-state index in [0.717, 1.165) is 17.9 Å². The first-order valence-electron chi connectivity index (χ1n) is 4.22. The minimum Gasteiger partial charge on any atom is -0.306 e. The van der Waals surface area contributed by atoms with Crippen molar-refractivity contribution in [3.63, 3.8) is 0 Å². The molecule has 14 heavy (non-hydrogen) atoms. The van der Waals surface area contributed by atoms with Crippen molar-refractivity contribution in [2.45, 2.75) is 20.0 Å². The molecule has 0 aliphatic carbocycles. The lowest BCUT2D eigenvalue weighted by Crippen LogP contribution is -2.12. The van der Waals surface area contributed by atoms with Gasteiger partial charge in [0.2, 0.25) is 0 Å². The number of hydrogen-bond donors (Lipinski definition) is 1. The Kier molecular flexibility index (Phi) is 2.85. The Morgan fingerprint density at radius 2 is 2.36 bits per heavy atom. The van der Waals surface area contributed by atoms with Gasteiger partial charge in [-0.05, 0) is 6.92 Å². The first kappa shape index (κ1) is 9.29. The molecule has 0 amide bonds. The first-order chi connectivity index (χ1) is 6.86. The quantitative estimate of drug-likeness (QED) is 0.819. The summed E-state index contributed by atoms with van der Waals surface area (Å²) in [7, 11) is 0. The number of aromatic nitrogens is 3. The number of rotatable bonds is 4. The van der Waals surface area contributed by atoms with Gasteiger partial charge in [-0.15, -0.1) is 11.3 Å². The van der Waals surface area contributed by atoms with E-state index in [4.69, 9.17) is 0 Å². The maximum Gasteiger partial charge on any atom is 0.121 e. The molecule has 6 heteroatoms. The minimum absolute atomic E-state index is 0.674. The van der Waals surface area contributed by atoms with E-state index in [1.165, 1.54) is 4.88 Å². The van der Waals surface area contributed by atoms with Crippen molar-refractivity contribution in [1.82, 2.24) is 20.6 Å². The van der Waals surface area contributed by atoms with E-state index in [1.807, 2.05) is 18.6 Å². The van der Waals surface area contributed by atoms with Crippen LogP contribution >= 0.6 is 11.3 Å². The van der Waals surface area contributed by atoms with Gasteiger partial charge in [0.1, 0.15) is 11.4 Å². The summed E-state index contributed by atoms with van der Waals surface area (Å²) < 4.78 is 4.58. The molecule has 0 aromatic carbocycles. The Bertz CT molecular complexity index is 384. The zero-order valence-electron chi connectivity index (χ0n) is 7.73. The summed E-state index contributed by atoms with van der Waals surface area (Å²) in [5, 5.41) is 10.7. The van der Waals surface area contributed by atoms with Crippen molar-refractivity contribution in [1.29, 1.82) is 0 Å². The van der Waals surface area contributed by atoms with Crippen LogP contribution in [0.5, 0.6) is 0 Å². The van der Waals surface area contributed by atoms with E-state index >= 15 is 0 Å². The lowest BCUT2D eigenvalue weighted by atomic mass is 10.3. The average molecular weight is 210 g/mol. The number of thiazole rings is 1. The maximum atomic E-state index is 4.58. The second-order valence-electron chi connectivity index (χ2n) is 2.87. The summed E-state index contributed by atoms with van der Waals surface area (Å²) in [5.74, 6) is 0. The Morgan fingerprint density at radius 1 is 1.43 bits per heavy atom. The van der Waals surface area contributed by atoms with Crippen LogP contribution < -0.4 is 5.32 Å². The van der Waals surface area contributed by atoms with Crippen LogP contribution in [0.2, 0.25) is 0 Å². The Labute approximate surface area is 85.1 Å². The van der Waals surface area contributed by atoms with E-state index in [2.05, 4.69) is 25.2 Å². The summed E-state index contributed by atoms with van der Waals surface area (Å²) >= 11 is 1.63. The number of nitrogens with one attached hydrogen (secondary N) is 1. The zero-order valence-corrected chi connectivity index (χ0v) is 8.54. The zero-order chi connectivity index (χ0) is 9.80. The fourth-order valence-corrected chi connectivity index (χ4v) is 1.61. The topological polar surface area (TPSA) is 63.8 Å². The molecule has 0 spiro atoms. The summed E-state index contributed by atoms with van der Waals surface area (Å²) in [4.78, 5) is 5.19. The van der Waals surface area contributed by atoms with Crippen molar-refractivity contribution in [3.8, 4) is 0 Å². The molecule has 1 N–H and O–H groups in total. The first-order valence-corrected chi connectivity index (χ1v) is 5.10. The second-order valence-corrected chi connectivity index (χ2v) is 3.84. The molecule has 0 bridgehead atoms. The largest absolute Gasteiger partial charge is 0.306 e. The molecule has 0 atom stereocenters. The molecule has 0 saturated carbocycles. The second kappa shape index (κ2) is 4.30. The SMILES string of the molecule is Cc1nonc1CNCc1cncs1. The van der Waals surface area contributed by atoms with Gasteiger partial charge in [0, 0.05) is 24.2 Å². The van der Waals surface area contributed by atoms with Crippen LogP contribution in [0.15, 0.2) is 16.3 Å². The van der Waals surface area contributed by atoms with E-state index < -0.39 is 0 Å². The molecule has 0 fully saturated rings. The normalized spacial score (nSPS) is 10.6. The van der Waals surface area contributed by atoms with Crippen LogP contribution in [0.1, 0.15) is 16.3 Å². The standard InChI is InChI=1S/C8H10N4OS/c1-6-8(12-13-11-6)4-9-2-7-3-10-5-14-7/h3,5,9H,2,4H2,1H3. The van der Waals surface area contributed by atoms with Crippen LogP contribution in [-0.2, 0) is 13.1 Å². The molecule has 0 unspecified atom stereocenters. The molecule has 0 aliphatic heterocycles. The van der Waals surface area contributed by atoms with Crippen molar-refractivity contribution in [2.24, 2.45) is 0 Å². The third-order valence-electron chi connectivity index (χ3n) is 1.82. The summed E-state index contributed by atoms with van der Waals surface area (Å²) in [6.07, 6.45) is 1.85. The molecule has 2 heterocycles. The fourth-order valence-electron chi connectivity index (χ4n) is 1.04. The van der Waals surface area contributed by atoms with E-state index in [0.29, 0.717) is 6.54 Å². The third kappa shape index (κ3) is 2.15. The molecule has 2 aromatic rings. The van der Waals surface area contributed by atoms with E-state index in [9.17, 15) is 0 Å². The van der Waals surface area contributed by atoms with Crippen LogP contribution in [0, 0.1) is 6.92 Å². The number of hydrogen-bond acceptors (Lipinski definition) is 6. The van der Waals surface area contributed by atoms with Gasteiger partial charge in [0.25, 0.3) is 0 Å². The fraction of sp³-hybridized carbons (Fsp3) is 0.375. The summed E-state index contributed by atoms with van der Waals surface area (Å²) in [6.45, 7) is 3.35. The Morgan fingerprint density at radius 3 is 3.00 bits per heavy atom. The molecular formula is C8H10N4OS. The van der Waals surface area contributed by atoms with Gasteiger partial charge in [-0.25, -0.2) is 4.63 Å². The Balaban J connectivity index is 1.81. The summed E-state index contributed by atoms with van der Waals surface area (Å²) in [6, 6.07) is 0. The maximum absolute atomic E-state index is 4.58. The molecule has 0 saturated heterocycles. The van der Waals surface area contributed by atoms with E-state index in [-0.39, 0.29) is 0 Å². The predicted molar refractivity (Wildman–Crippen MR) is 51.7 cm³/mol. The van der Waals surface area contributed by atoms with Gasteiger partial charge >= 0.3 is 0 Å². The van der Waals surface area contributed by atoms with Crippen molar-refractivity contribution in [3.05, 3.63) is 28.0 Å². The lowest BCUT2D eigenvalue weighted by Gasteiger charge is -1.98. The van der Waals surface area contributed by atoms with Gasteiger partial charge in [0.05, 0.1) is 5.51 Å². The Hall–Kier alpha value is -1.27. The van der Waals surface area contributed by atoms with Gasteiger partial charge in [0.15, 0.2) is 0 Å². The van der Waals surface area contributed by atoms with Gasteiger partial charge < -0.3 is 5.32 Å². The molecule has 74 valence electrons. The van der Waals surface area contributed by atoms with Crippen LogP contribution in [-0.4, -0.2) is 15.3 Å². The molecule has 0 aliphatic rings. The van der Waals surface area contributed by atoms with Gasteiger partial charge in [-0.2, -0.15) is 0 Å². The van der Waals surface area contributed by atoms with Crippen LogP contribution in [0.4, 0.5) is 0 Å². The van der Waals surface area contributed by atoms with Crippen molar-refractivity contribution in [2.75, 3.05) is 0 Å². The van der Waals surface area contributed by atoms with Crippen LogP contribution in [0.3, 0.4) is 0 Å².